The minimum Gasteiger partial charge on any atom is -0.493 e. The molecule has 0 saturated carbocycles. The Morgan fingerprint density at radius 1 is 1.10 bits per heavy atom. The number of hydrogen-bond donors (Lipinski definition) is 1. The van der Waals surface area contributed by atoms with Crippen molar-refractivity contribution in [3.63, 3.8) is 0 Å². The number of ether oxygens (including phenoxy) is 2. The summed E-state index contributed by atoms with van der Waals surface area (Å²) in [4.78, 5) is 7.87. The van der Waals surface area contributed by atoms with Crippen LogP contribution in [-0.2, 0) is 7.05 Å². The van der Waals surface area contributed by atoms with Gasteiger partial charge < -0.3 is 14.5 Å². The number of benzene rings is 1. The first-order valence-corrected chi connectivity index (χ1v) is 6.25. The number of hydrogen-bond acceptors (Lipinski definition) is 4. The number of fused-ring (bicyclic) bond motifs is 1. The van der Waals surface area contributed by atoms with E-state index in [1.807, 2.05) is 36.9 Å². The van der Waals surface area contributed by atoms with Gasteiger partial charge in [-0.2, -0.15) is 5.10 Å². The molecule has 1 N–H and O–H groups in total. The van der Waals surface area contributed by atoms with Gasteiger partial charge in [0.2, 0.25) is 0 Å². The minimum absolute atomic E-state index is 0.666. The van der Waals surface area contributed by atoms with Gasteiger partial charge in [0.05, 0.1) is 30.9 Å². The van der Waals surface area contributed by atoms with Gasteiger partial charge >= 0.3 is 0 Å². The summed E-state index contributed by atoms with van der Waals surface area (Å²) in [5, 5.41) is 4.33. The highest BCUT2D eigenvalue weighted by molar-refractivity contribution is 5.82. The lowest BCUT2D eigenvalue weighted by Crippen LogP contribution is -1.94. The van der Waals surface area contributed by atoms with Crippen LogP contribution in [0, 0.1) is 6.92 Å². The maximum Gasteiger partial charge on any atom is 0.163 e. The molecule has 0 radical (unpaired) electrons. The van der Waals surface area contributed by atoms with Crippen LogP contribution < -0.4 is 9.47 Å². The van der Waals surface area contributed by atoms with Crippen molar-refractivity contribution in [1.82, 2.24) is 19.7 Å². The molecule has 0 saturated heterocycles. The van der Waals surface area contributed by atoms with Crippen molar-refractivity contribution in [3.05, 3.63) is 23.9 Å². The normalized spacial score (nSPS) is 11.0. The predicted octanol–water partition coefficient (Wildman–Crippen LogP) is 2.29. The van der Waals surface area contributed by atoms with Gasteiger partial charge in [-0.05, 0) is 13.0 Å². The fourth-order valence-corrected chi connectivity index (χ4v) is 2.29. The molecule has 0 spiro atoms. The van der Waals surface area contributed by atoms with Crippen LogP contribution >= 0.6 is 0 Å². The molecule has 20 heavy (non-hydrogen) atoms. The van der Waals surface area contributed by atoms with Crippen LogP contribution in [0.25, 0.3) is 22.6 Å². The monoisotopic (exact) mass is 272 g/mol. The fourth-order valence-electron chi connectivity index (χ4n) is 2.29. The topological polar surface area (TPSA) is 65.0 Å². The molecule has 0 aliphatic heterocycles. The largest absolute Gasteiger partial charge is 0.493 e. The van der Waals surface area contributed by atoms with E-state index in [9.17, 15) is 0 Å². The average molecular weight is 272 g/mol. The third-order valence-electron chi connectivity index (χ3n) is 3.23. The molecule has 0 amide bonds. The van der Waals surface area contributed by atoms with Crippen molar-refractivity contribution in [2.24, 2.45) is 7.05 Å². The van der Waals surface area contributed by atoms with Crippen molar-refractivity contribution in [2.45, 2.75) is 6.92 Å². The van der Waals surface area contributed by atoms with Crippen molar-refractivity contribution < 1.29 is 9.47 Å². The molecule has 0 atom stereocenters. The number of nitrogens with zero attached hydrogens (tertiary/aromatic N) is 3. The first kappa shape index (κ1) is 12.5. The van der Waals surface area contributed by atoms with Crippen LogP contribution in [0.3, 0.4) is 0 Å². The Kier molecular flexibility index (Phi) is 2.85. The number of aryl methyl sites for hydroxylation is 2. The van der Waals surface area contributed by atoms with E-state index in [1.54, 1.807) is 14.2 Å². The third kappa shape index (κ3) is 1.89. The van der Waals surface area contributed by atoms with Crippen molar-refractivity contribution in [2.75, 3.05) is 14.2 Å². The summed E-state index contributed by atoms with van der Waals surface area (Å²) < 4.78 is 12.4. The average Bonchev–Trinajstić information content (AvgIpc) is 2.99. The lowest BCUT2D eigenvalue weighted by atomic mass is 10.3. The second-order valence-corrected chi connectivity index (χ2v) is 4.60. The standard InChI is InChI=1S/C14H16N4O2/c1-8-5-11(18(2)17-8)14-15-9-6-12(19-3)13(20-4)7-10(9)16-14/h5-7H,1-4H3,(H,15,16). The quantitative estimate of drug-likeness (QED) is 0.794. The molecule has 0 fully saturated rings. The highest BCUT2D eigenvalue weighted by Crippen LogP contribution is 2.32. The summed E-state index contributed by atoms with van der Waals surface area (Å²) in [6, 6.07) is 5.73. The lowest BCUT2D eigenvalue weighted by molar-refractivity contribution is 0.356. The predicted molar refractivity (Wildman–Crippen MR) is 76.1 cm³/mol. The number of nitrogens with one attached hydrogen (secondary N) is 1. The molecule has 104 valence electrons. The van der Waals surface area contributed by atoms with E-state index in [0.717, 1.165) is 28.2 Å². The summed E-state index contributed by atoms with van der Waals surface area (Å²) in [7, 11) is 5.13. The molecular formula is C14H16N4O2. The van der Waals surface area contributed by atoms with Gasteiger partial charge in [0.1, 0.15) is 5.69 Å². The second kappa shape index (κ2) is 4.56. The number of imidazole rings is 1. The van der Waals surface area contributed by atoms with Crippen LogP contribution in [0.5, 0.6) is 11.5 Å². The summed E-state index contributed by atoms with van der Waals surface area (Å²) in [6.45, 7) is 1.96. The number of H-pyrrole nitrogens is 1. The van der Waals surface area contributed by atoms with E-state index in [1.165, 1.54) is 0 Å². The molecule has 2 heterocycles. The smallest absolute Gasteiger partial charge is 0.163 e. The van der Waals surface area contributed by atoms with E-state index in [4.69, 9.17) is 9.47 Å². The summed E-state index contributed by atoms with van der Waals surface area (Å²) >= 11 is 0. The first-order chi connectivity index (χ1) is 9.62. The third-order valence-corrected chi connectivity index (χ3v) is 3.23. The fraction of sp³-hybridized carbons (Fsp3) is 0.286. The Bertz CT molecular complexity index is 732. The molecule has 3 aromatic rings. The van der Waals surface area contributed by atoms with E-state index >= 15 is 0 Å². The molecule has 2 aromatic heterocycles. The SMILES string of the molecule is COc1cc2nc(-c3cc(C)nn3C)[nH]c2cc1OC. The Labute approximate surface area is 116 Å². The van der Waals surface area contributed by atoms with Crippen LogP contribution in [0.15, 0.2) is 18.2 Å². The first-order valence-electron chi connectivity index (χ1n) is 6.25. The highest BCUT2D eigenvalue weighted by atomic mass is 16.5. The zero-order valence-corrected chi connectivity index (χ0v) is 11.9. The van der Waals surface area contributed by atoms with E-state index < -0.39 is 0 Å². The van der Waals surface area contributed by atoms with Crippen LogP contribution in [0.2, 0.25) is 0 Å². The van der Waals surface area contributed by atoms with Gasteiger partial charge in [0, 0.05) is 19.2 Å². The summed E-state index contributed by atoms with van der Waals surface area (Å²) in [6.07, 6.45) is 0. The number of methoxy groups -OCH3 is 2. The summed E-state index contributed by atoms with van der Waals surface area (Å²) in [5.74, 6) is 2.12. The lowest BCUT2D eigenvalue weighted by Gasteiger charge is -2.06. The van der Waals surface area contributed by atoms with E-state index in [-0.39, 0.29) is 0 Å². The molecule has 6 nitrogen and oxygen atoms in total. The van der Waals surface area contributed by atoms with Gasteiger partial charge in [0.15, 0.2) is 17.3 Å². The van der Waals surface area contributed by atoms with Crippen molar-refractivity contribution in [3.8, 4) is 23.0 Å². The van der Waals surface area contributed by atoms with Crippen LogP contribution in [-0.4, -0.2) is 34.0 Å². The zero-order chi connectivity index (χ0) is 14.3. The Morgan fingerprint density at radius 3 is 2.40 bits per heavy atom. The van der Waals surface area contributed by atoms with Gasteiger partial charge in [-0.1, -0.05) is 0 Å². The number of rotatable bonds is 3. The second-order valence-electron chi connectivity index (χ2n) is 4.60. The molecule has 1 aromatic carbocycles. The van der Waals surface area contributed by atoms with Gasteiger partial charge in [-0.25, -0.2) is 4.98 Å². The molecule has 0 aliphatic rings. The molecule has 0 aliphatic carbocycles. The van der Waals surface area contributed by atoms with Gasteiger partial charge in [0.25, 0.3) is 0 Å². The Morgan fingerprint density at radius 2 is 1.80 bits per heavy atom. The van der Waals surface area contributed by atoms with Crippen LogP contribution in [0.1, 0.15) is 5.69 Å². The van der Waals surface area contributed by atoms with Gasteiger partial charge in [-0.3, -0.25) is 4.68 Å². The zero-order valence-electron chi connectivity index (χ0n) is 11.9. The molecule has 3 rings (SSSR count). The number of aromatic nitrogens is 4. The Balaban J connectivity index is 2.17. The molecule has 0 bridgehead atoms. The molecular weight excluding hydrogens is 256 g/mol. The minimum atomic E-state index is 0.666. The van der Waals surface area contributed by atoms with E-state index in [0.29, 0.717) is 11.5 Å². The molecule has 0 unspecified atom stereocenters. The number of aromatic amines is 1. The van der Waals surface area contributed by atoms with Crippen molar-refractivity contribution >= 4 is 11.0 Å². The van der Waals surface area contributed by atoms with Gasteiger partial charge in [-0.15, -0.1) is 0 Å². The van der Waals surface area contributed by atoms with Crippen LogP contribution in [0.4, 0.5) is 0 Å². The Hall–Kier alpha value is -2.50. The molecule has 6 heteroatoms. The maximum atomic E-state index is 5.30. The highest BCUT2D eigenvalue weighted by Gasteiger charge is 2.13. The summed E-state index contributed by atoms with van der Waals surface area (Å²) in [5.41, 5.74) is 3.63. The van der Waals surface area contributed by atoms with Crippen molar-refractivity contribution in [1.29, 1.82) is 0 Å². The van der Waals surface area contributed by atoms with E-state index in [2.05, 4.69) is 15.1 Å². The maximum absolute atomic E-state index is 5.30.